The maximum Gasteiger partial charge on any atom is 0.241 e. The Morgan fingerprint density at radius 1 is 1.07 bits per heavy atom. The van der Waals surface area contributed by atoms with Crippen molar-refractivity contribution in [1.29, 1.82) is 0 Å². The Bertz CT molecular complexity index is 585. The lowest BCUT2D eigenvalue weighted by Crippen LogP contribution is -2.69. The molecule has 5 heteroatoms. The maximum atomic E-state index is 11.9. The molecular formula is C22H41N3O2. The van der Waals surface area contributed by atoms with Gasteiger partial charge in [0.15, 0.2) is 0 Å². The van der Waals surface area contributed by atoms with Gasteiger partial charge in [0.05, 0.1) is 6.04 Å². The Morgan fingerprint density at radius 2 is 1.56 bits per heavy atom. The lowest BCUT2D eigenvalue weighted by atomic mass is 9.83. The predicted molar refractivity (Wildman–Crippen MR) is 112 cm³/mol. The molecule has 5 nitrogen and oxygen atoms in total. The highest BCUT2D eigenvalue weighted by Gasteiger charge is 2.44. The van der Waals surface area contributed by atoms with Crippen LogP contribution >= 0.6 is 0 Å². The topological polar surface area (TPSA) is 52.7 Å². The average Bonchev–Trinajstić information content (AvgIpc) is 2.56. The molecule has 0 bridgehead atoms. The number of carbonyl (C=O) groups is 2. The Labute approximate surface area is 166 Å². The zero-order valence-corrected chi connectivity index (χ0v) is 19.3. The third-order valence-corrected chi connectivity index (χ3v) is 6.26. The monoisotopic (exact) mass is 379 g/mol. The van der Waals surface area contributed by atoms with Gasteiger partial charge in [-0.3, -0.25) is 9.59 Å². The van der Waals surface area contributed by atoms with E-state index in [9.17, 15) is 9.59 Å². The van der Waals surface area contributed by atoms with E-state index in [1.165, 1.54) is 0 Å². The molecule has 0 aromatic rings. The molecule has 2 heterocycles. The smallest absolute Gasteiger partial charge is 0.241 e. The van der Waals surface area contributed by atoms with Crippen LogP contribution in [-0.4, -0.2) is 52.8 Å². The molecule has 2 rings (SSSR count). The molecule has 5 atom stereocenters. The molecule has 2 saturated heterocycles. The molecule has 0 aromatic carbocycles. The second-order valence-corrected chi connectivity index (χ2v) is 10.4. The fourth-order valence-electron chi connectivity index (χ4n) is 3.08. The minimum Gasteiger partial charge on any atom is -0.340 e. The van der Waals surface area contributed by atoms with Crippen LogP contribution in [-0.2, 0) is 9.59 Å². The third-order valence-electron chi connectivity index (χ3n) is 6.26. The maximum absolute atomic E-state index is 11.9. The number of likely N-dealkylation sites (tertiary alicyclic amines) is 2. The van der Waals surface area contributed by atoms with Crippen LogP contribution in [0.5, 0.6) is 0 Å². The Kier molecular flexibility index (Phi) is 6.96. The standard InChI is InChI=1S/C11H22N2O.C11H19NO/c1-7-9(10(14)13(7)6)12-8(2)11(3,4)5;1-7-8(2)12(9(7)3)10(13)11(4,5)6/h7-9,12H,1-6H3;7,9H,2H2,1,3-6H3. The van der Waals surface area contributed by atoms with Gasteiger partial charge < -0.3 is 15.1 Å². The van der Waals surface area contributed by atoms with Crippen molar-refractivity contribution in [3.05, 3.63) is 12.3 Å². The van der Waals surface area contributed by atoms with Crippen LogP contribution in [0.2, 0.25) is 0 Å². The van der Waals surface area contributed by atoms with Gasteiger partial charge in [0.25, 0.3) is 0 Å². The second kappa shape index (κ2) is 7.94. The molecule has 2 aliphatic heterocycles. The summed E-state index contributed by atoms with van der Waals surface area (Å²) in [6.07, 6.45) is 0. The van der Waals surface area contributed by atoms with Crippen LogP contribution in [0.1, 0.15) is 69.2 Å². The van der Waals surface area contributed by atoms with Crippen molar-refractivity contribution in [2.75, 3.05) is 7.05 Å². The van der Waals surface area contributed by atoms with Crippen molar-refractivity contribution in [2.45, 2.75) is 93.4 Å². The average molecular weight is 380 g/mol. The lowest BCUT2D eigenvalue weighted by Gasteiger charge is -2.49. The van der Waals surface area contributed by atoms with Gasteiger partial charge in [-0.05, 0) is 26.2 Å². The Balaban J connectivity index is 0.000000271. The fourth-order valence-corrected chi connectivity index (χ4v) is 3.08. The van der Waals surface area contributed by atoms with Gasteiger partial charge in [0.2, 0.25) is 11.8 Å². The fraction of sp³-hybridized carbons (Fsp3) is 0.818. The van der Waals surface area contributed by atoms with Gasteiger partial charge in [0.1, 0.15) is 6.04 Å². The van der Waals surface area contributed by atoms with Crippen molar-refractivity contribution in [3.63, 3.8) is 0 Å². The molecule has 5 unspecified atom stereocenters. The van der Waals surface area contributed by atoms with Gasteiger partial charge in [-0.15, -0.1) is 0 Å². The quantitative estimate of drug-likeness (QED) is 0.745. The first kappa shape index (κ1) is 23.7. The number of amides is 2. The van der Waals surface area contributed by atoms with E-state index >= 15 is 0 Å². The summed E-state index contributed by atoms with van der Waals surface area (Å²) in [4.78, 5) is 27.0. The van der Waals surface area contributed by atoms with Crippen molar-refractivity contribution in [1.82, 2.24) is 15.1 Å². The summed E-state index contributed by atoms with van der Waals surface area (Å²) in [5.41, 5.74) is 0.873. The molecule has 0 spiro atoms. The molecule has 0 aromatic heterocycles. The van der Waals surface area contributed by atoms with Crippen LogP contribution in [0.3, 0.4) is 0 Å². The van der Waals surface area contributed by atoms with Crippen LogP contribution in [0.4, 0.5) is 0 Å². The number of hydrogen-bond donors (Lipinski definition) is 1. The van der Waals surface area contributed by atoms with E-state index in [1.807, 2.05) is 32.7 Å². The van der Waals surface area contributed by atoms with E-state index in [2.05, 4.69) is 60.4 Å². The predicted octanol–water partition coefficient (Wildman–Crippen LogP) is 3.65. The number of β-lactam (4-membered cyclic amide) rings is 1. The van der Waals surface area contributed by atoms with Crippen molar-refractivity contribution < 1.29 is 9.59 Å². The van der Waals surface area contributed by atoms with Crippen LogP contribution < -0.4 is 5.32 Å². The first-order valence-corrected chi connectivity index (χ1v) is 10.1. The van der Waals surface area contributed by atoms with Crippen molar-refractivity contribution in [3.8, 4) is 0 Å². The molecule has 0 saturated carbocycles. The molecule has 0 radical (unpaired) electrons. The molecule has 156 valence electrons. The van der Waals surface area contributed by atoms with Crippen LogP contribution in [0.15, 0.2) is 12.3 Å². The van der Waals surface area contributed by atoms with Gasteiger partial charge in [-0.25, -0.2) is 0 Å². The number of likely N-dealkylation sites (N-methyl/N-ethyl adjacent to an activating group) is 1. The molecule has 0 aliphatic carbocycles. The number of hydrogen-bond acceptors (Lipinski definition) is 3. The molecule has 2 amide bonds. The van der Waals surface area contributed by atoms with E-state index in [4.69, 9.17) is 0 Å². The van der Waals surface area contributed by atoms with E-state index in [1.54, 1.807) is 4.90 Å². The first-order chi connectivity index (χ1) is 12.0. The Morgan fingerprint density at radius 3 is 1.89 bits per heavy atom. The summed E-state index contributed by atoms with van der Waals surface area (Å²) in [6, 6.07) is 1.02. The molecule has 2 fully saturated rings. The van der Waals surface area contributed by atoms with E-state index in [0.29, 0.717) is 24.0 Å². The number of carbonyl (C=O) groups excluding carboxylic acids is 2. The van der Waals surface area contributed by atoms with Gasteiger partial charge in [-0.2, -0.15) is 0 Å². The summed E-state index contributed by atoms with van der Waals surface area (Å²) < 4.78 is 0. The van der Waals surface area contributed by atoms with E-state index in [0.717, 1.165) is 5.70 Å². The summed E-state index contributed by atoms with van der Waals surface area (Å²) in [7, 11) is 1.85. The Hall–Kier alpha value is -1.36. The van der Waals surface area contributed by atoms with Crippen LogP contribution in [0, 0.1) is 16.7 Å². The number of nitrogens with zero attached hydrogens (tertiary/aromatic N) is 2. The minimum absolute atomic E-state index is 0.0224. The number of nitrogens with one attached hydrogen (secondary N) is 1. The highest BCUT2D eigenvalue weighted by molar-refractivity contribution is 5.89. The van der Waals surface area contributed by atoms with Crippen molar-refractivity contribution in [2.24, 2.45) is 16.7 Å². The highest BCUT2D eigenvalue weighted by Crippen LogP contribution is 2.37. The summed E-state index contributed by atoms with van der Waals surface area (Å²) >= 11 is 0. The zero-order chi connectivity index (χ0) is 21.5. The normalized spacial score (nSPS) is 29.4. The first-order valence-electron chi connectivity index (χ1n) is 10.1. The summed E-state index contributed by atoms with van der Waals surface area (Å²) in [6.45, 7) is 24.7. The number of rotatable bonds is 2. The largest absolute Gasteiger partial charge is 0.340 e. The summed E-state index contributed by atoms with van der Waals surface area (Å²) in [5.74, 6) is 0.850. The SMILES string of the molecule is C=C1C(C)C(C)N1C(=O)C(C)(C)C.CC1C(NC(C)C(C)(C)C)C(=O)N1C. The molecule has 1 N–H and O–H groups in total. The third kappa shape index (κ3) is 4.92. The summed E-state index contributed by atoms with van der Waals surface area (Å²) in [5, 5.41) is 3.40. The van der Waals surface area contributed by atoms with Gasteiger partial charge >= 0.3 is 0 Å². The van der Waals surface area contributed by atoms with Crippen LogP contribution in [0.25, 0.3) is 0 Å². The van der Waals surface area contributed by atoms with E-state index in [-0.39, 0.29) is 28.7 Å². The molecule has 2 aliphatic rings. The van der Waals surface area contributed by atoms with Gasteiger partial charge in [-0.1, -0.05) is 55.0 Å². The van der Waals surface area contributed by atoms with Gasteiger partial charge in [0, 0.05) is 36.2 Å². The van der Waals surface area contributed by atoms with E-state index < -0.39 is 0 Å². The lowest BCUT2D eigenvalue weighted by molar-refractivity contribution is -0.148. The molecular weight excluding hydrogens is 338 g/mol. The zero-order valence-electron chi connectivity index (χ0n) is 19.3. The van der Waals surface area contributed by atoms with Crippen molar-refractivity contribution >= 4 is 11.8 Å². The minimum atomic E-state index is -0.294. The highest BCUT2D eigenvalue weighted by atomic mass is 16.2. The second-order valence-electron chi connectivity index (χ2n) is 10.4. The molecule has 27 heavy (non-hydrogen) atoms.